The normalized spacial score (nSPS) is 24.3. The summed E-state index contributed by atoms with van der Waals surface area (Å²) in [6, 6.07) is 0. The van der Waals surface area contributed by atoms with Gasteiger partial charge in [-0.2, -0.15) is 0 Å². The van der Waals surface area contributed by atoms with E-state index < -0.39 is 0 Å². The molecule has 0 saturated heterocycles. The number of aromatic nitrogens is 1. The minimum Gasteiger partial charge on any atom is -0.309 e. The first kappa shape index (κ1) is 19.3. The largest absolute Gasteiger partial charge is 0.309 e. The van der Waals surface area contributed by atoms with Crippen molar-refractivity contribution in [3.63, 3.8) is 0 Å². The zero-order chi connectivity index (χ0) is 17.7. The van der Waals surface area contributed by atoms with Gasteiger partial charge in [0.1, 0.15) is 0 Å². The van der Waals surface area contributed by atoms with Crippen LogP contribution in [0.25, 0.3) is 0 Å². The summed E-state index contributed by atoms with van der Waals surface area (Å²) < 4.78 is 0. The molecule has 2 unspecified atom stereocenters. The second-order valence-corrected chi connectivity index (χ2v) is 8.15. The van der Waals surface area contributed by atoms with E-state index in [0.29, 0.717) is 6.54 Å². The van der Waals surface area contributed by atoms with Crippen molar-refractivity contribution in [3.8, 4) is 0 Å². The molecule has 1 N–H and O–H groups in total. The molecular weight excluding hydrogens is 320 g/mol. The van der Waals surface area contributed by atoms with Crippen molar-refractivity contribution in [2.75, 3.05) is 32.1 Å². The van der Waals surface area contributed by atoms with Gasteiger partial charge >= 0.3 is 0 Å². The standard InChI is InChI=1S/C18H32N4OS/c1-6-22(15(3)23)17-20-16(12-24-17)11-19-13-18(21(4)5)9-7-8-14(2)10-18/h12,14,19H,6-11,13H2,1-5H3. The first-order valence-corrected chi connectivity index (χ1v) is 9.86. The molecule has 1 amide bonds. The highest BCUT2D eigenvalue weighted by Gasteiger charge is 2.36. The number of carbonyl (C=O) groups excluding carboxylic acids is 1. The fourth-order valence-corrected chi connectivity index (χ4v) is 4.71. The molecular formula is C18H32N4OS. The second-order valence-electron chi connectivity index (χ2n) is 7.31. The van der Waals surface area contributed by atoms with Gasteiger partial charge in [0.05, 0.1) is 5.69 Å². The molecule has 2 rings (SSSR count). The monoisotopic (exact) mass is 352 g/mol. The van der Waals surface area contributed by atoms with Gasteiger partial charge in [-0.05, 0) is 39.8 Å². The summed E-state index contributed by atoms with van der Waals surface area (Å²) in [7, 11) is 4.40. The number of amides is 1. The Labute approximate surface area is 150 Å². The van der Waals surface area contributed by atoms with Gasteiger partial charge in [-0.15, -0.1) is 11.3 Å². The predicted octanol–water partition coefficient (Wildman–Crippen LogP) is 3.12. The van der Waals surface area contributed by atoms with Gasteiger partial charge in [-0.3, -0.25) is 9.69 Å². The van der Waals surface area contributed by atoms with Crippen LogP contribution in [0.5, 0.6) is 0 Å². The lowest BCUT2D eigenvalue weighted by Gasteiger charge is -2.45. The van der Waals surface area contributed by atoms with Crippen molar-refractivity contribution >= 4 is 22.4 Å². The van der Waals surface area contributed by atoms with Crippen LogP contribution in [-0.4, -0.2) is 48.5 Å². The molecule has 1 heterocycles. The third-order valence-electron chi connectivity index (χ3n) is 5.24. The average molecular weight is 353 g/mol. The van der Waals surface area contributed by atoms with Crippen LogP contribution in [0.15, 0.2) is 5.38 Å². The quantitative estimate of drug-likeness (QED) is 0.819. The Balaban J connectivity index is 1.93. The number of carbonyl (C=O) groups is 1. The topological polar surface area (TPSA) is 48.5 Å². The smallest absolute Gasteiger partial charge is 0.225 e. The Morgan fingerprint density at radius 2 is 2.25 bits per heavy atom. The van der Waals surface area contributed by atoms with Crippen LogP contribution in [0.3, 0.4) is 0 Å². The van der Waals surface area contributed by atoms with Crippen molar-refractivity contribution in [2.24, 2.45) is 5.92 Å². The molecule has 1 aromatic rings. The molecule has 6 heteroatoms. The Hall–Kier alpha value is -0.980. The fraction of sp³-hybridized carbons (Fsp3) is 0.778. The number of rotatable bonds is 7. The van der Waals surface area contributed by atoms with Gasteiger partial charge in [0.15, 0.2) is 5.13 Å². The Bertz CT molecular complexity index is 545. The van der Waals surface area contributed by atoms with Gasteiger partial charge in [0, 0.05) is 37.5 Å². The van der Waals surface area contributed by atoms with Crippen LogP contribution in [0.4, 0.5) is 5.13 Å². The molecule has 1 aliphatic rings. The molecule has 1 fully saturated rings. The van der Waals surface area contributed by atoms with E-state index in [-0.39, 0.29) is 11.4 Å². The van der Waals surface area contributed by atoms with Gasteiger partial charge in [0.25, 0.3) is 0 Å². The zero-order valence-electron chi connectivity index (χ0n) is 15.8. The van der Waals surface area contributed by atoms with Crippen LogP contribution in [0.1, 0.15) is 52.1 Å². The van der Waals surface area contributed by atoms with Crippen molar-refractivity contribution in [3.05, 3.63) is 11.1 Å². The molecule has 0 spiro atoms. The van der Waals surface area contributed by atoms with E-state index in [2.05, 4.69) is 41.6 Å². The third-order valence-corrected chi connectivity index (χ3v) is 6.16. The summed E-state index contributed by atoms with van der Waals surface area (Å²) in [6.45, 7) is 8.35. The van der Waals surface area contributed by atoms with Crippen molar-refractivity contribution in [2.45, 2.75) is 58.5 Å². The Morgan fingerprint density at radius 1 is 1.50 bits per heavy atom. The van der Waals surface area contributed by atoms with E-state index in [9.17, 15) is 4.79 Å². The van der Waals surface area contributed by atoms with E-state index >= 15 is 0 Å². The van der Waals surface area contributed by atoms with E-state index in [1.165, 1.54) is 25.7 Å². The number of hydrogen-bond donors (Lipinski definition) is 1. The average Bonchev–Trinajstić information content (AvgIpc) is 2.96. The first-order valence-electron chi connectivity index (χ1n) is 8.98. The molecule has 0 radical (unpaired) electrons. The number of hydrogen-bond acceptors (Lipinski definition) is 5. The van der Waals surface area contributed by atoms with E-state index in [1.807, 2.05) is 6.92 Å². The van der Waals surface area contributed by atoms with Crippen molar-refractivity contribution in [1.82, 2.24) is 15.2 Å². The first-order chi connectivity index (χ1) is 11.4. The van der Waals surface area contributed by atoms with Crippen molar-refractivity contribution in [1.29, 1.82) is 0 Å². The maximum Gasteiger partial charge on any atom is 0.225 e. The SMILES string of the molecule is CCN(C(C)=O)c1nc(CNCC2(N(C)C)CCCC(C)C2)cs1. The summed E-state index contributed by atoms with van der Waals surface area (Å²) in [5.41, 5.74) is 1.28. The summed E-state index contributed by atoms with van der Waals surface area (Å²) in [5, 5.41) is 6.47. The Kier molecular flexibility index (Phi) is 6.78. The predicted molar refractivity (Wildman–Crippen MR) is 102 cm³/mol. The molecule has 0 bridgehead atoms. The molecule has 1 saturated carbocycles. The maximum absolute atomic E-state index is 11.6. The Morgan fingerprint density at radius 3 is 2.83 bits per heavy atom. The summed E-state index contributed by atoms with van der Waals surface area (Å²) in [6.07, 6.45) is 5.17. The lowest BCUT2D eigenvalue weighted by Crippen LogP contribution is -2.54. The summed E-state index contributed by atoms with van der Waals surface area (Å²) in [5.74, 6) is 0.844. The highest BCUT2D eigenvalue weighted by atomic mass is 32.1. The number of likely N-dealkylation sites (N-methyl/N-ethyl adjacent to an activating group) is 1. The molecule has 136 valence electrons. The van der Waals surface area contributed by atoms with Gasteiger partial charge in [-0.25, -0.2) is 4.98 Å². The lowest BCUT2D eigenvalue weighted by atomic mass is 9.75. The van der Waals surface area contributed by atoms with Crippen molar-refractivity contribution < 1.29 is 4.79 Å². The molecule has 0 aromatic carbocycles. The van der Waals surface area contributed by atoms with Crippen LogP contribution in [0.2, 0.25) is 0 Å². The van der Waals surface area contributed by atoms with Gasteiger partial charge in [0.2, 0.25) is 5.91 Å². The highest BCUT2D eigenvalue weighted by molar-refractivity contribution is 7.14. The second kappa shape index (κ2) is 8.41. The minimum atomic E-state index is 0.0501. The molecule has 1 aliphatic carbocycles. The van der Waals surface area contributed by atoms with Crippen LogP contribution < -0.4 is 10.2 Å². The molecule has 2 atom stereocenters. The summed E-state index contributed by atoms with van der Waals surface area (Å²) in [4.78, 5) is 20.4. The summed E-state index contributed by atoms with van der Waals surface area (Å²) >= 11 is 1.55. The number of nitrogens with zero attached hydrogens (tertiary/aromatic N) is 3. The molecule has 1 aromatic heterocycles. The van der Waals surface area contributed by atoms with Crippen LogP contribution in [-0.2, 0) is 11.3 Å². The molecule has 5 nitrogen and oxygen atoms in total. The van der Waals surface area contributed by atoms with Crippen LogP contribution >= 0.6 is 11.3 Å². The van der Waals surface area contributed by atoms with E-state index in [1.54, 1.807) is 23.2 Å². The van der Waals surface area contributed by atoms with Crippen LogP contribution in [0, 0.1) is 5.92 Å². The third kappa shape index (κ3) is 4.55. The van der Waals surface area contributed by atoms with Gasteiger partial charge < -0.3 is 10.2 Å². The van der Waals surface area contributed by atoms with E-state index in [0.717, 1.165) is 29.8 Å². The number of nitrogens with one attached hydrogen (secondary N) is 1. The minimum absolute atomic E-state index is 0.0501. The maximum atomic E-state index is 11.6. The molecule has 0 aliphatic heterocycles. The van der Waals surface area contributed by atoms with E-state index in [4.69, 9.17) is 0 Å². The number of thiazole rings is 1. The fourth-order valence-electron chi connectivity index (χ4n) is 3.77. The number of anilines is 1. The molecule has 24 heavy (non-hydrogen) atoms. The highest BCUT2D eigenvalue weighted by Crippen LogP contribution is 2.35. The van der Waals surface area contributed by atoms with Gasteiger partial charge in [-0.1, -0.05) is 19.8 Å². The lowest BCUT2D eigenvalue weighted by molar-refractivity contribution is -0.116. The zero-order valence-corrected chi connectivity index (χ0v) is 16.6.